The summed E-state index contributed by atoms with van der Waals surface area (Å²) in [6.45, 7) is 10.1. The molecule has 1 fully saturated rings. The molecule has 1 heterocycles. The van der Waals surface area contributed by atoms with Crippen LogP contribution in [0.1, 0.15) is 38.3 Å². The van der Waals surface area contributed by atoms with Crippen LogP contribution in [0.15, 0.2) is 24.3 Å². The van der Waals surface area contributed by atoms with Gasteiger partial charge in [-0.2, -0.15) is 0 Å². The summed E-state index contributed by atoms with van der Waals surface area (Å²) in [5, 5.41) is 3.54. The van der Waals surface area contributed by atoms with Gasteiger partial charge in [-0.05, 0) is 50.7 Å². The van der Waals surface area contributed by atoms with Crippen LogP contribution in [0.25, 0.3) is 0 Å². The Morgan fingerprint density at radius 1 is 1.05 bits per heavy atom. The van der Waals surface area contributed by atoms with Gasteiger partial charge in [-0.15, -0.1) is 0 Å². The molecule has 1 unspecified atom stereocenters. The summed E-state index contributed by atoms with van der Waals surface area (Å²) in [6, 6.07) is 9.66. The number of hydrogen-bond donors (Lipinski definition) is 1. The fourth-order valence-corrected chi connectivity index (χ4v) is 2.97. The minimum absolute atomic E-state index is 0.490. The van der Waals surface area contributed by atoms with Crippen LogP contribution in [0.3, 0.4) is 0 Å². The first kappa shape index (κ1) is 15.3. The third-order valence-corrected chi connectivity index (χ3v) is 4.24. The monoisotopic (exact) mass is 275 g/mol. The second kappa shape index (κ2) is 7.65. The smallest absolute Gasteiger partial charge is 0.0366 e. The summed E-state index contributed by atoms with van der Waals surface area (Å²) in [5.41, 5.74) is 2.78. The van der Waals surface area contributed by atoms with E-state index in [1.165, 1.54) is 30.8 Å². The maximum absolute atomic E-state index is 3.54. The quantitative estimate of drug-likeness (QED) is 0.891. The average Bonchev–Trinajstić information content (AvgIpc) is 2.70. The summed E-state index contributed by atoms with van der Waals surface area (Å²) in [5.74, 6) is 0. The summed E-state index contributed by atoms with van der Waals surface area (Å²) >= 11 is 0. The zero-order valence-corrected chi connectivity index (χ0v) is 13.2. The van der Waals surface area contributed by atoms with Gasteiger partial charge < -0.3 is 15.1 Å². The van der Waals surface area contributed by atoms with E-state index in [0.29, 0.717) is 6.04 Å². The molecule has 0 radical (unpaired) electrons. The van der Waals surface area contributed by atoms with Gasteiger partial charge >= 0.3 is 0 Å². The fraction of sp³-hybridized carbons (Fsp3) is 0.647. The van der Waals surface area contributed by atoms with Crippen LogP contribution in [0.2, 0.25) is 0 Å². The lowest BCUT2D eigenvalue weighted by atomic mass is 10.0. The van der Waals surface area contributed by atoms with Crippen LogP contribution in [0, 0.1) is 0 Å². The summed E-state index contributed by atoms with van der Waals surface area (Å²) < 4.78 is 0. The van der Waals surface area contributed by atoms with Crippen molar-refractivity contribution in [3.8, 4) is 0 Å². The molecule has 3 nitrogen and oxygen atoms in total. The lowest BCUT2D eigenvalue weighted by Crippen LogP contribution is -2.28. The summed E-state index contributed by atoms with van der Waals surface area (Å²) in [7, 11) is 2.22. The molecule has 1 aliphatic rings. The molecule has 0 aromatic heterocycles. The van der Waals surface area contributed by atoms with Gasteiger partial charge in [0, 0.05) is 31.4 Å². The van der Waals surface area contributed by atoms with Gasteiger partial charge in [0.2, 0.25) is 0 Å². The molecular formula is C17H29N3. The highest BCUT2D eigenvalue weighted by Gasteiger charge is 2.13. The van der Waals surface area contributed by atoms with Crippen LogP contribution in [0.5, 0.6) is 0 Å². The predicted octanol–water partition coefficient (Wildman–Crippen LogP) is 2.89. The van der Waals surface area contributed by atoms with E-state index in [2.05, 4.69) is 60.3 Å². The maximum Gasteiger partial charge on any atom is 0.0366 e. The molecule has 1 saturated heterocycles. The van der Waals surface area contributed by atoms with E-state index in [1.54, 1.807) is 0 Å². The van der Waals surface area contributed by atoms with Crippen molar-refractivity contribution in [2.75, 3.05) is 44.7 Å². The average molecular weight is 275 g/mol. The first-order valence-electron chi connectivity index (χ1n) is 8.01. The SMILES string of the molecule is CCNC(CC)c1ccc(N2CCCN(C)CC2)cc1. The largest absolute Gasteiger partial charge is 0.370 e. The molecule has 112 valence electrons. The van der Waals surface area contributed by atoms with Crippen molar-refractivity contribution in [2.45, 2.75) is 32.7 Å². The zero-order valence-electron chi connectivity index (χ0n) is 13.2. The van der Waals surface area contributed by atoms with Gasteiger partial charge in [-0.25, -0.2) is 0 Å². The molecule has 1 aromatic rings. The maximum atomic E-state index is 3.54. The van der Waals surface area contributed by atoms with Gasteiger partial charge in [0.25, 0.3) is 0 Å². The van der Waals surface area contributed by atoms with E-state index >= 15 is 0 Å². The molecule has 20 heavy (non-hydrogen) atoms. The Kier molecular flexibility index (Phi) is 5.86. The molecule has 2 rings (SSSR count). The first-order chi connectivity index (χ1) is 9.74. The third-order valence-electron chi connectivity index (χ3n) is 4.24. The molecular weight excluding hydrogens is 246 g/mol. The number of nitrogens with zero attached hydrogens (tertiary/aromatic N) is 2. The van der Waals surface area contributed by atoms with Crippen molar-refractivity contribution in [1.82, 2.24) is 10.2 Å². The number of anilines is 1. The Labute approximate surface area is 124 Å². The number of nitrogens with one attached hydrogen (secondary N) is 1. The zero-order chi connectivity index (χ0) is 14.4. The second-order valence-electron chi connectivity index (χ2n) is 5.75. The first-order valence-corrected chi connectivity index (χ1v) is 8.01. The summed E-state index contributed by atoms with van der Waals surface area (Å²) in [4.78, 5) is 4.94. The van der Waals surface area contributed by atoms with Crippen molar-refractivity contribution in [3.05, 3.63) is 29.8 Å². The normalized spacial score (nSPS) is 18.9. The molecule has 0 saturated carbocycles. The van der Waals surface area contributed by atoms with Crippen LogP contribution in [0.4, 0.5) is 5.69 Å². The summed E-state index contributed by atoms with van der Waals surface area (Å²) in [6.07, 6.45) is 2.40. The molecule has 1 N–H and O–H groups in total. The standard InChI is InChI=1S/C17H29N3/c1-4-17(18-5-2)15-7-9-16(10-8-15)20-12-6-11-19(3)13-14-20/h7-10,17-18H,4-6,11-14H2,1-3H3. The van der Waals surface area contributed by atoms with E-state index in [-0.39, 0.29) is 0 Å². The molecule has 1 aromatic carbocycles. The number of hydrogen-bond acceptors (Lipinski definition) is 3. The van der Waals surface area contributed by atoms with Crippen molar-refractivity contribution in [1.29, 1.82) is 0 Å². The van der Waals surface area contributed by atoms with Crippen molar-refractivity contribution in [2.24, 2.45) is 0 Å². The van der Waals surface area contributed by atoms with Crippen molar-refractivity contribution < 1.29 is 0 Å². The molecule has 0 spiro atoms. The number of likely N-dealkylation sites (N-methyl/N-ethyl adjacent to an activating group) is 1. The van der Waals surface area contributed by atoms with E-state index < -0.39 is 0 Å². The highest BCUT2D eigenvalue weighted by molar-refractivity contribution is 5.48. The predicted molar refractivity (Wildman–Crippen MR) is 87.5 cm³/mol. The topological polar surface area (TPSA) is 18.5 Å². The third kappa shape index (κ3) is 3.97. The molecule has 1 aliphatic heterocycles. The number of rotatable bonds is 5. The Morgan fingerprint density at radius 2 is 1.80 bits per heavy atom. The molecule has 1 atom stereocenters. The van der Waals surface area contributed by atoms with Crippen LogP contribution >= 0.6 is 0 Å². The van der Waals surface area contributed by atoms with E-state index in [1.807, 2.05) is 0 Å². The van der Waals surface area contributed by atoms with Crippen molar-refractivity contribution >= 4 is 5.69 Å². The van der Waals surface area contributed by atoms with Crippen LogP contribution in [-0.4, -0.2) is 44.7 Å². The van der Waals surface area contributed by atoms with Crippen molar-refractivity contribution in [3.63, 3.8) is 0 Å². The molecule has 0 bridgehead atoms. The van der Waals surface area contributed by atoms with Gasteiger partial charge in [-0.3, -0.25) is 0 Å². The molecule has 0 amide bonds. The highest BCUT2D eigenvalue weighted by Crippen LogP contribution is 2.22. The Morgan fingerprint density at radius 3 is 2.45 bits per heavy atom. The minimum atomic E-state index is 0.490. The molecule has 3 heteroatoms. The lowest BCUT2D eigenvalue weighted by Gasteiger charge is -2.24. The Bertz CT molecular complexity index is 388. The van der Waals surface area contributed by atoms with E-state index in [9.17, 15) is 0 Å². The molecule has 0 aliphatic carbocycles. The lowest BCUT2D eigenvalue weighted by molar-refractivity contribution is 0.360. The van der Waals surface area contributed by atoms with Gasteiger partial charge in [0.05, 0.1) is 0 Å². The highest BCUT2D eigenvalue weighted by atomic mass is 15.2. The van der Waals surface area contributed by atoms with Gasteiger partial charge in [-0.1, -0.05) is 26.0 Å². The van der Waals surface area contributed by atoms with Crippen LogP contribution in [-0.2, 0) is 0 Å². The number of benzene rings is 1. The van der Waals surface area contributed by atoms with Crippen LogP contribution < -0.4 is 10.2 Å². The Hall–Kier alpha value is -1.06. The van der Waals surface area contributed by atoms with E-state index in [4.69, 9.17) is 0 Å². The minimum Gasteiger partial charge on any atom is -0.370 e. The van der Waals surface area contributed by atoms with Gasteiger partial charge in [0.1, 0.15) is 0 Å². The van der Waals surface area contributed by atoms with Gasteiger partial charge in [0.15, 0.2) is 0 Å². The van der Waals surface area contributed by atoms with E-state index in [0.717, 1.165) is 26.1 Å². The Balaban J connectivity index is 2.03. The fourth-order valence-electron chi connectivity index (χ4n) is 2.97. The second-order valence-corrected chi connectivity index (χ2v) is 5.75.